The molecule has 2 unspecified atom stereocenters. The van der Waals surface area contributed by atoms with E-state index in [1.165, 1.54) is 0 Å². The average Bonchev–Trinajstić information content (AvgIpc) is 2.40. The summed E-state index contributed by atoms with van der Waals surface area (Å²) in [5, 5.41) is 9.96. The van der Waals surface area contributed by atoms with Crippen molar-refractivity contribution < 1.29 is 9.90 Å². The van der Waals surface area contributed by atoms with Crippen LogP contribution in [0, 0.1) is 12.8 Å². The molecule has 4 nitrogen and oxygen atoms in total. The number of hydrogen-bond acceptors (Lipinski definition) is 3. The summed E-state index contributed by atoms with van der Waals surface area (Å²) in [6, 6.07) is 5.46. The van der Waals surface area contributed by atoms with Gasteiger partial charge in [-0.15, -0.1) is 0 Å². The van der Waals surface area contributed by atoms with Crippen molar-refractivity contribution in [2.75, 3.05) is 13.6 Å². The molecule has 1 aromatic rings. The molecule has 0 saturated heterocycles. The van der Waals surface area contributed by atoms with Gasteiger partial charge in [-0.3, -0.25) is 4.79 Å². The maximum absolute atomic E-state index is 12.3. The van der Waals surface area contributed by atoms with Gasteiger partial charge >= 0.3 is 0 Å². The Labute approximate surface area is 114 Å². The molecule has 2 rings (SSSR count). The first kappa shape index (κ1) is 14.0. The molecule has 1 aliphatic carbocycles. The van der Waals surface area contributed by atoms with Crippen LogP contribution in [-0.2, 0) is 0 Å². The summed E-state index contributed by atoms with van der Waals surface area (Å²) in [7, 11) is 1.79. The molecule has 1 fully saturated rings. The molecule has 104 valence electrons. The van der Waals surface area contributed by atoms with E-state index in [1.54, 1.807) is 18.0 Å². The third-order valence-electron chi connectivity index (χ3n) is 3.83. The van der Waals surface area contributed by atoms with Crippen molar-refractivity contribution in [1.82, 2.24) is 9.88 Å². The molecule has 0 aromatic carbocycles. The van der Waals surface area contributed by atoms with Gasteiger partial charge in [-0.2, -0.15) is 0 Å². The summed E-state index contributed by atoms with van der Waals surface area (Å²) in [5.74, 6) is 0.133. The second kappa shape index (κ2) is 6.15. The lowest BCUT2D eigenvalue weighted by Crippen LogP contribution is -2.38. The Kier molecular flexibility index (Phi) is 4.53. The standard InChI is InChI=1S/C15H22N2O2/c1-11-6-5-8-13(16-11)15(19)17(2)10-12-7-3-4-9-14(12)18/h5-6,8,12,14,18H,3-4,7,9-10H2,1-2H3. The third-order valence-corrected chi connectivity index (χ3v) is 3.83. The fourth-order valence-corrected chi connectivity index (χ4v) is 2.69. The minimum Gasteiger partial charge on any atom is -0.393 e. The van der Waals surface area contributed by atoms with Crippen LogP contribution in [0.25, 0.3) is 0 Å². The lowest BCUT2D eigenvalue weighted by molar-refractivity contribution is 0.0448. The van der Waals surface area contributed by atoms with Crippen molar-refractivity contribution in [2.45, 2.75) is 38.7 Å². The van der Waals surface area contributed by atoms with Crippen LogP contribution in [0.1, 0.15) is 41.9 Å². The number of nitrogens with zero attached hydrogens (tertiary/aromatic N) is 2. The zero-order valence-electron chi connectivity index (χ0n) is 11.7. The number of carbonyl (C=O) groups excluding carboxylic acids is 1. The van der Waals surface area contributed by atoms with Gasteiger partial charge in [-0.1, -0.05) is 18.9 Å². The van der Waals surface area contributed by atoms with Crippen LogP contribution < -0.4 is 0 Å². The predicted octanol–water partition coefficient (Wildman–Crippen LogP) is 2.01. The van der Waals surface area contributed by atoms with Gasteiger partial charge in [0, 0.05) is 25.2 Å². The first-order valence-corrected chi connectivity index (χ1v) is 6.95. The van der Waals surface area contributed by atoms with Crippen LogP contribution in [0.3, 0.4) is 0 Å². The summed E-state index contributed by atoms with van der Waals surface area (Å²) < 4.78 is 0. The number of aromatic nitrogens is 1. The van der Waals surface area contributed by atoms with Gasteiger partial charge in [-0.25, -0.2) is 4.98 Å². The number of aliphatic hydroxyl groups excluding tert-OH is 1. The molecule has 4 heteroatoms. The molecule has 1 saturated carbocycles. The minimum atomic E-state index is -0.269. The number of aryl methyl sites for hydroxylation is 1. The lowest BCUT2D eigenvalue weighted by Gasteiger charge is -2.31. The Hall–Kier alpha value is -1.42. The summed E-state index contributed by atoms with van der Waals surface area (Å²) in [5.41, 5.74) is 1.32. The zero-order valence-corrected chi connectivity index (χ0v) is 11.7. The number of amides is 1. The van der Waals surface area contributed by atoms with E-state index in [0.717, 1.165) is 31.4 Å². The highest BCUT2D eigenvalue weighted by molar-refractivity contribution is 5.92. The van der Waals surface area contributed by atoms with Crippen LogP contribution in [0.15, 0.2) is 18.2 Å². The fraction of sp³-hybridized carbons (Fsp3) is 0.600. The molecule has 0 spiro atoms. The quantitative estimate of drug-likeness (QED) is 0.906. The van der Waals surface area contributed by atoms with E-state index >= 15 is 0 Å². The van der Waals surface area contributed by atoms with Gasteiger partial charge < -0.3 is 10.0 Å². The Morgan fingerprint density at radius 2 is 2.16 bits per heavy atom. The Morgan fingerprint density at radius 1 is 1.42 bits per heavy atom. The first-order valence-electron chi connectivity index (χ1n) is 6.95. The topological polar surface area (TPSA) is 53.4 Å². The highest BCUT2D eigenvalue weighted by atomic mass is 16.3. The van der Waals surface area contributed by atoms with Crippen molar-refractivity contribution in [3.63, 3.8) is 0 Å². The number of hydrogen-bond donors (Lipinski definition) is 1. The van der Waals surface area contributed by atoms with Gasteiger partial charge in [0.25, 0.3) is 5.91 Å². The monoisotopic (exact) mass is 262 g/mol. The highest BCUT2D eigenvalue weighted by Gasteiger charge is 2.26. The fourth-order valence-electron chi connectivity index (χ4n) is 2.69. The normalized spacial score (nSPS) is 23.1. The zero-order chi connectivity index (χ0) is 13.8. The van der Waals surface area contributed by atoms with Gasteiger partial charge in [0.2, 0.25) is 0 Å². The molecule has 1 amide bonds. The lowest BCUT2D eigenvalue weighted by atomic mass is 9.86. The third kappa shape index (κ3) is 3.53. The average molecular weight is 262 g/mol. The number of pyridine rings is 1. The van der Waals surface area contributed by atoms with Gasteiger partial charge in [0.15, 0.2) is 0 Å². The number of rotatable bonds is 3. The Morgan fingerprint density at radius 3 is 2.84 bits per heavy atom. The molecular weight excluding hydrogens is 240 g/mol. The molecule has 0 bridgehead atoms. The molecule has 2 atom stereocenters. The van der Waals surface area contributed by atoms with E-state index in [9.17, 15) is 9.90 Å². The minimum absolute atomic E-state index is 0.0681. The molecule has 1 N–H and O–H groups in total. The molecule has 1 heterocycles. The summed E-state index contributed by atoms with van der Waals surface area (Å²) in [6.07, 6.45) is 3.82. The first-order chi connectivity index (χ1) is 9.08. The van der Waals surface area contributed by atoms with Crippen molar-refractivity contribution in [3.05, 3.63) is 29.6 Å². The van der Waals surface area contributed by atoms with Crippen molar-refractivity contribution in [2.24, 2.45) is 5.92 Å². The SMILES string of the molecule is Cc1cccc(C(=O)N(C)CC2CCCCC2O)n1. The van der Waals surface area contributed by atoms with Crippen LogP contribution in [0.2, 0.25) is 0 Å². The van der Waals surface area contributed by atoms with E-state index in [0.29, 0.717) is 12.2 Å². The molecular formula is C15H22N2O2. The van der Waals surface area contributed by atoms with Crippen LogP contribution in [0.4, 0.5) is 0 Å². The van der Waals surface area contributed by atoms with Gasteiger partial charge in [-0.05, 0) is 31.9 Å². The highest BCUT2D eigenvalue weighted by Crippen LogP contribution is 2.25. The van der Waals surface area contributed by atoms with Crippen molar-refractivity contribution in [3.8, 4) is 0 Å². The molecule has 1 aliphatic rings. The summed E-state index contributed by atoms with van der Waals surface area (Å²) in [6.45, 7) is 2.48. The Bertz CT molecular complexity index is 448. The van der Waals surface area contributed by atoms with Gasteiger partial charge in [0.05, 0.1) is 6.10 Å². The van der Waals surface area contributed by atoms with Crippen LogP contribution in [0.5, 0.6) is 0 Å². The van der Waals surface area contributed by atoms with Crippen molar-refractivity contribution >= 4 is 5.91 Å². The van der Waals surface area contributed by atoms with E-state index in [1.807, 2.05) is 19.1 Å². The molecule has 1 aromatic heterocycles. The maximum atomic E-state index is 12.3. The van der Waals surface area contributed by atoms with Crippen molar-refractivity contribution in [1.29, 1.82) is 0 Å². The maximum Gasteiger partial charge on any atom is 0.272 e. The Balaban J connectivity index is 1.99. The summed E-state index contributed by atoms with van der Waals surface area (Å²) in [4.78, 5) is 18.2. The van der Waals surface area contributed by atoms with Crippen LogP contribution >= 0.6 is 0 Å². The van der Waals surface area contributed by atoms with E-state index in [2.05, 4.69) is 4.98 Å². The molecule has 0 radical (unpaired) electrons. The van der Waals surface area contributed by atoms with E-state index in [-0.39, 0.29) is 17.9 Å². The predicted molar refractivity (Wildman–Crippen MR) is 73.9 cm³/mol. The van der Waals surface area contributed by atoms with E-state index in [4.69, 9.17) is 0 Å². The largest absolute Gasteiger partial charge is 0.393 e. The van der Waals surface area contributed by atoms with Crippen LogP contribution in [-0.4, -0.2) is 40.6 Å². The second-order valence-corrected chi connectivity index (χ2v) is 5.46. The van der Waals surface area contributed by atoms with Gasteiger partial charge in [0.1, 0.15) is 5.69 Å². The number of carbonyl (C=O) groups is 1. The smallest absolute Gasteiger partial charge is 0.272 e. The molecule has 19 heavy (non-hydrogen) atoms. The van der Waals surface area contributed by atoms with E-state index < -0.39 is 0 Å². The number of aliphatic hydroxyl groups is 1. The molecule has 0 aliphatic heterocycles. The second-order valence-electron chi connectivity index (χ2n) is 5.46. The summed E-state index contributed by atoms with van der Waals surface area (Å²) >= 11 is 0.